The number of rotatable bonds is 5. The van der Waals surface area contributed by atoms with E-state index in [4.69, 9.17) is 4.74 Å². The number of anilines is 1. The fourth-order valence-electron chi connectivity index (χ4n) is 7.11. The Morgan fingerprint density at radius 1 is 0.909 bits per heavy atom. The van der Waals surface area contributed by atoms with Crippen LogP contribution in [0.1, 0.15) is 24.9 Å². The number of benzene rings is 3. The van der Waals surface area contributed by atoms with Crippen LogP contribution in [0.25, 0.3) is 11.8 Å². The van der Waals surface area contributed by atoms with Gasteiger partial charge < -0.3 is 9.84 Å². The summed E-state index contributed by atoms with van der Waals surface area (Å²) in [5.74, 6) is -1.67. The van der Waals surface area contributed by atoms with Gasteiger partial charge in [0.1, 0.15) is 0 Å². The number of ether oxygens (including phenoxy) is 1. The molecule has 2 aliphatic heterocycles. The first-order chi connectivity index (χ1) is 21.3. The number of methoxy groups -OCH3 is 1. The monoisotopic (exact) mass is 590 g/mol. The number of aromatic nitrogens is 3. The van der Waals surface area contributed by atoms with E-state index in [1.165, 1.54) is 27.4 Å². The van der Waals surface area contributed by atoms with Gasteiger partial charge in [-0.25, -0.2) is 28.4 Å². The van der Waals surface area contributed by atoms with E-state index in [9.17, 15) is 24.3 Å². The summed E-state index contributed by atoms with van der Waals surface area (Å²) in [5.41, 5.74) is 0.356. The zero-order valence-electron chi connectivity index (χ0n) is 24.2. The van der Waals surface area contributed by atoms with Crippen molar-refractivity contribution in [3.8, 4) is 17.2 Å². The Hall–Kier alpha value is -5.38. The summed E-state index contributed by atoms with van der Waals surface area (Å²) in [6, 6.07) is 21.9. The molecule has 1 N–H and O–H groups in total. The van der Waals surface area contributed by atoms with Gasteiger partial charge in [-0.05, 0) is 60.9 Å². The Balaban J connectivity index is 1.39. The minimum atomic E-state index is -1.15. The van der Waals surface area contributed by atoms with E-state index in [2.05, 4.69) is 0 Å². The largest absolute Gasteiger partial charge is 0.504 e. The maximum absolute atomic E-state index is 14.3. The Bertz CT molecular complexity index is 1990. The molecule has 1 aliphatic carbocycles. The number of phenols is 1. The van der Waals surface area contributed by atoms with Gasteiger partial charge in [0, 0.05) is 5.92 Å². The molecule has 1 aromatic heterocycles. The number of allylic oxidation sites excluding steroid dienone is 3. The third-order valence-corrected chi connectivity index (χ3v) is 9.32. The van der Waals surface area contributed by atoms with Gasteiger partial charge in [-0.2, -0.15) is 0 Å². The minimum absolute atomic E-state index is 0.000241. The number of hydrogen-bond donors (Lipinski definition) is 1. The number of para-hydroxylation sites is 2. The predicted octanol–water partition coefficient (Wildman–Crippen LogP) is 3.93. The lowest BCUT2D eigenvalue weighted by Gasteiger charge is -2.45. The van der Waals surface area contributed by atoms with Crippen LogP contribution in [-0.2, 0) is 16.1 Å². The van der Waals surface area contributed by atoms with Crippen LogP contribution in [0.4, 0.5) is 5.69 Å². The van der Waals surface area contributed by atoms with Crippen LogP contribution in [-0.4, -0.2) is 38.0 Å². The van der Waals surface area contributed by atoms with Crippen LogP contribution in [0.2, 0.25) is 0 Å². The summed E-state index contributed by atoms with van der Waals surface area (Å²) >= 11 is 0. The normalized spacial score (nSPS) is 24.2. The molecule has 4 atom stereocenters. The average Bonchev–Trinajstić information content (AvgIpc) is 3.41. The molecule has 10 heteroatoms. The third-order valence-electron chi connectivity index (χ3n) is 9.32. The second-order valence-electron chi connectivity index (χ2n) is 11.5. The Morgan fingerprint density at radius 2 is 1.59 bits per heavy atom. The lowest BCUT2D eigenvalue weighted by atomic mass is 9.58. The Kier molecular flexibility index (Phi) is 6.31. The first-order valence-corrected chi connectivity index (χ1v) is 14.4. The van der Waals surface area contributed by atoms with E-state index in [-0.39, 0.29) is 30.5 Å². The smallest absolute Gasteiger partial charge is 0.352 e. The SMILES string of the molecule is COc1cc(C=C[C@H]2C3=CCn4c(=O)n(-c5ccccc5)c(=O)n4[C@@H]3C[C@H]3C(=O)N(c4ccccc4)C(=O)[C@@]23C)ccc1O. The lowest BCUT2D eigenvalue weighted by molar-refractivity contribution is -0.129. The quantitative estimate of drug-likeness (QED) is 0.278. The molecule has 0 spiro atoms. The Labute approximate surface area is 252 Å². The van der Waals surface area contributed by atoms with Crippen LogP contribution in [0, 0.1) is 17.3 Å². The second kappa shape index (κ2) is 10.1. The molecule has 0 radical (unpaired) electrons. The number of nitrogens with zero attached hydrogens (tertiary/aromatic N) is 4. The summed E-state index contributed by atoms with van der Waals surface area (Å²) in [5, 5.41) is 10.1. The van der Waals surface area contributed by atoms with Gasteiger partial charge in [0.15, 0.2) is 11.5 Å². The summed E-state index contributed by atoms with van der Waals surface area (Å²) in [4.78, 5) is 57.2. The van der Waals surface area contributed by atoms with E-state index >= 15 is 0 Å². The number of carbonyl (C=O) groups is 2. The minimum Gasteiger partial charge on any atom is -0.504 e. The van der Waals surface area contributed by atoms with Gasteiger partial charge in [0.2, 0.25) is 11.8 Å². The summed E-state index contributed by atoms with van der Waals surface area (Å²) < 4.78 is 9.29. The van der Waals surface area contributed by atoms with Crippen LogP contribution in [0.15, 0.2) is 106 Å². The van der Waals surface area contributed by atoms with Crippen LogP contribution >= 0.6 is 0 Å². The van der Waals surface area contributed by atoms with Gasteiger partial charge in [-0.15, -0.1) is 0 Å². The van der Waals surface area contributed by atoms with Crippen molar-refractivity contribution in [2.24, 2.45) is 17.3 Å². The van der Waals surface area contributed by atoms with Crippen molar-refractivity contribution >= 4 is 23.6 Å². The van der Waals surface area contributed by atoms with E-state index < -0.39 is 34.7 Å². The van der Waals surface area contributed by atoms with Crippen LogP contribution < -0.4 is 21.0 Å². The highest BCUT2D eigenvalue weighted by molar-refractivity contribution is 6.24. The summed E-state index contributed by atoms with van der Waals surface area (Å²) in [6.07, 6.45) is 5.83. The maximum Gasteiger partial charge on any atom is 0.352 e. The summed E-state index contributed by atoms with van der Waals surface area (Å²) in [6.45, 7) is 1.96. The summed E-state index contributed by atoms with van der Waals surface area (Å²) in [7, 11) is 1.46. The number of phenolic OH excluding ortho intramolecular Hbond substituents is 1. The number of aromatic hydroxyl groups is 1. The molecule has 1 saturated heterocycles. The molecule has 44 heavy (non-hydrogen) atoms. The van der Waals surface area contributed by atoms with Gasteiger partial charge in [-0.3, -0.25) is 9.59 Å². The van der Waals surface area contributed by atoms with Crippen molar-refractivity contribution in [1.82, 2.24) is 13.9 Å². The highest BCUT2D eigenvalue weighted by atomic mass is 16.5. The van der Waals surface area contributed by atoms with Crippen LogP contribution in [0.5, 0.6) is 11.5 Å². The molecule has 3 heterocycles. The van der Waals surface area contributed by atoms with E-state index in [0.717, 1.165) is 15.7 Å². The van der Waals surface area contributed by atoms with Crippen molar-refractivity contribution in [3.63, 3.8) is 0 Å². The fourth-order valence-corrected chi connectivity index (χ4v) is 7.11. The van der Waals surface area contributed by atoms with Gasteiger partial charge in [0.25, 0.3) is 0 Å². The molecule has 2 amide bonds. The standard InChI is InChI=1S/C34H30N4O6/c1-34-25(15-13-21-14-16-28(39)29(19-21)44-2)24-17-18-35-32(42)37(23-11-7-4-8-12-23)33(43)38(35)27(24)20-26(34)30(40)36(31(34)41)22-9-5-3-6-10-22/h3-17,19,25-27,39H,18,20H2,1-2H3/t25-,26-,27+,34-/m0/s1. The third kappa shape index (κ3) is 3.87. The molecule has 222 valence electrons. The van der Waals surface area contributed by atoms with Crippen molar-refractivity contribution in [2.75, 3.05) is 12.0 Å². The first-order valence-electron chi connectivity index (χ1n) is 14.4. The van der Waals surface area contributed by atoms with E-state index in [1.807, 2.05) is 37.3 Å². The number of fused-ring (bicyclic) bond motifs is 4. The molecule has 2 fully saturated rings. The van der Waals surface area contributed by atoms with E-state index in [1.54, 1.807) is 60.7 Å². The van der Waals surface area contributed by atoms with Crippen molar-refractivity contribution < 1.29 is 19.4 Å². The Morgan fingerprint density at radius 3 is 2.27 bits per heavy atom. The first kappa shape index (κ1) is 27.5. The van der Waals surface area contributed by atoms with Gasteiger partial charge in [0.05, 0.1) is 42.4 Å². The van der Waals surface area contributed by atoms with Gasteiger partial charge in [-0.1, -0.05) is 60.7 Å². The van der Waals surface area contributed by atoms with E-state index in [0.29, 0.717) is 17.1 Å². The highest BCUT2D eigenvalue weighted by Gasteiger charge is 2.64. The molecule has 7 rings (SSSR count). The fraction of sp³-hybridized carbons (Fsp3) is 0.235. The number of imide groups is 1. The molecule has 3 aliphatic rings. The lowest BCUT2D eigenvalue weighted by Crippen LogP contribution is -2.49. The second-order valence-corrected chi connectivity index (χ2v) is 11.5. The molecule has 3 aromatic carbocycles. The zero-order chi connectivity index (χ0) is 30.7. The zero-order valence-corrected chi connectivity index (χ0v) is 24.2. The molecule has 0 unspecified atom stereocenters. The van der Waals surface area contributed by atoms with Crippen molar-refractivity contribution in [2.45, 2.75) is 25.9 Å². The average molecular weight is 591 g/mol. The molecule has 1 saturated carbocycles. The number of hydrogen-bond acceptors (Lipinski definition) is 6. The maximum atomic E-state index is 14.3. The molecule has 10 nitrogen and oxygen atoms in total. The molecular weight excluding hydrogens is 560 g/mol. The number of carbonyl (C=O) groups excluding carboxylic acids is 2. The van der Waals surface area contributed by atoms with Crippen molar-refractivity contribution in [1.29, 1.82) is 0 Å². The number of amides is 2. The van der Waals surface area contributed by atoms with Crippen molar-refractivity contribution in [3.05, 3.63) is 123 Å². The van der Waals surface area contributed by atoms with Crippen LogP contribution in [0.3, 0.4) is 0 Å². The molecule has 4 aromatic rings. The highest BCUT2D eigenvalue weighted by Crippen LogP contribution is 2.58. The topological polar surface area (TPSA) is 116 Å². The molecular formula is C34H30N4O6. The predicted molar refractivity (Wildman–Crippen MR) is 164 cm³/mol. The molecule has 0 bridgehead atoms. The van der Waals surface area contributed by atoms with Gasteiger partial charge >= 0.3 is 11.4 Å².